The number of hydrogen-bond acceptors (Lipinski definition) is 3. The van der Waals surface area contributed by atoms with Gasteiger partial charge in [0.25, 0.3) is 0 Å². The van der Waals surface area contributed by atoms with Crippen molar-refractivity contribution in [2.45, 2.75) is 32.2 Å². The monoisotopic (exact) mass is 307 g/mol. The molecular weight excluding hydrogens is 282 g/mol. The third kappa shape index (κ3) is 3.36. The van der Waals surface area contributed by atoms with E-state index in [1.807, 2.05) is 12.1 Å². The number of nitrogens with zero attached hydrogens (tertiary/aromatic N) is 2. The molecule has 21 heavy (non-hydrogen) atoms. The highest BCUT2D eigenvalue weighted by Crippen LogP contribution is 2.37. The van der Waals surface area contributed by atoms with Crippen LogP contribution in [0.15, 0.2) is 24.3 Å². The Labute approximate surface area is 133 Å². The molecule has 0 spiro atoms. The van der Waals surface area contributed by atoms with Crippen molar-refractivity contribution in [3.05, 3.63) is 29.3 Å². The van der Waals surface area contributed by atoms with Gasteiger partial charge >= 0.3 is 0 Å². The lowest BCUT2D eigenvalue weighted by Gasteiger charge is -2.41. The zero-order valence-electron chi connectivity index (χ0n) is 12.9. The molecule has 1 heterocycles. The van der Waals surface area contributed by atoms with E-state index in [1.165, 1.54) is 24.9 Å². The summed E-state index contributed by atoms with van der Waals surface area (Å²) in [6.07, 6.45) is 3.77. The van der Waals surface area contributed by atoms with E-state index in [1.54, 1.807) is 0 Å². The van der Waals surface area contributed by atoms with Crippen LogP contribution >= 0.6 is 11.6 Å². The summed E-state index contributed by atoms with van der Waals surface area (Å²) in [5, 5.41) is 0.806. The zero-order valence-corrected chi connectivity index (χ0v) is 13.6. The molecule has 0 aromatic heterocycles. The van der Waals surface area contributed by atoms with Crippen molar-refractivity contribution < 1.29 is 0 Å². The summed E-state index contributed by atoms with van der Waals surface area (Å²) < 4.78 is 0. The molecule has 1 aromatic rings. The standard InChI is InChI=1S/C17H26ClN3/c1-17(8-2-3-16(17)19)13-20-9-11-21(12-10-20)15-6-4-14(18)5-7-15/h4-7,16H,2-3,8-13,19H2,1H3. The Balaban J connectivity index is 1.54. The molecule has 2 fully saturated rings. The van der Waals surface area contributed by atoms with Gasteiger partial charge in [0, 0.05) is 49.5 Å². The Morgan fingerprint density at radius 2 is 1.86 bits per heavy atom. The van der Waals surface area contributed by atoms with Gasteiger partial charge in [0.2, 0.25) is 0 Å². The van der Waals surface area contributed by atoms with Gasteiger partial charge in [-0.05, 0) is 42.5 Å². The molecule has 0 radical (unpaired) electrons. The first-order chi connectivity index (χ1) is 10.1. The first-order valence-corrected chi connectivity index (χ1v) is 8.43. The number of anilines is 1. The van der Waals surface area contributed by atoms with Crippen LogP contribution in [0, 0.1) is 5.41 Å². The van der Waals surface area contributed by atoms with E-state index in [0.717, 1.165) is 37.7 Å². The maximum atomic E-state index is 6.31. The third-order valence-corrected chi connectivity index (χ3v) is 5.56. The summed E-state index contributed by atoms with van der Waals surface area (Å²) in [5.74, 6) is 0. The minimum atomic E-state index is 0.322. The van der Waals surface area contributed by atoms with Crippen LogP contribution in [0.4, 0.5) is 5.69 Å². The fourth-order valence-electron chi connectivity index (χ4n) is 3.78. The van der Waals surface area contributed by atoms with Gasteiger partial charge in [0.15, 0.2) is 0 Å². The van der Waals surface area contributed by atoms with Crippen LogP contribution in [0.3, 0.4) is 0 Å². The summed E-state index contributed by atoms with van der Waals surface area (Å²) in [6, 6.07) is 8.56. The third-order valence-electron chi connectivity index (χ3n) is 5.31. The van der Waals surface area contributed by atoms with E-state index in [2.05, 4.69) is 28.9 Å². The zero-order chi connectivity index (χ0) is 14.9. The van der Waals surface area contributed by atoms with Crippen molar-refractivity contribution in [2.75, 3.05) is 37.6 Å². The lowest BCUT2D eigenvalue weighted by Crippen LogP contribution is -2.52. The minimum absolute atomic E-state index is 0.322. The summed E-state index contributed by atoms with van der Waals surface area (Å²) in [6.45, 7) is 7.97. The van der Waals surface area contributed by atoms with E-state index < -0.39 is 0 Å². The van der Waals surface area contributed by atoms with Crippen molar-refractivity contribution in [3.63, 3.8) is 0 Å². The quantitative estimate of drug-likeness (QED) is 0.932. The maximum Gasteiger partial charge on any atom is 0.0407 e. The predicted octanol–water partition coefficient (Wildman–Crippen LogP) is 2.98. The Morgan fingerprint density at radius 3 is 2.43 bits per heavy atom. The normalized spacial score (nSPS) is 30.8. The molecule has 1 aromatic carbocycles. The second-order valence-corrected chi connectivity index (χ2v) is 7.33. The molecule has 1 aliphatic carbocycles. The Bertz CT molecular complexity index is 467. The lowest BCUT2D eigenvalue weighted by atomic mass is 9.84. The highest BCUT2D eigenvalue weighted by atomic mass is 35.5. The molecule has 1 saturated carbocycles. The maximum absolute atomic E-state index is 6.31. The number of nitrogens with two attached hydrogens (primary N) is 1. The molecular formula is C17H26ClN3. The number of rotatable bonds is 3. The Kier molecular flexibility index (Phi) is 4.43. The van der Waals surface area contributed by atoms with Crippen LogP contribution in [0.2, 0.25) is 5.02 Å². The molecule has 1 aliphatic heterocycles. The second-order valence-electron chi connectivity index (χ2n) is 6.89. The largest absolute Gasteiger partial charge is 0.369 e. The molecule has 3 rings (SSSR count). The fourth-order valence-corrected chi connectivity index (χ4v) is 3.91. The van der Waals surface area contributed by atoms with Crippen molar-refractivity contribution in [1.29, 1.82) is 0 Å². The molecule has 0 bridgehead atoms. The van der Waals surface area contributed by atoms with Crippen LogP contribution in [-0.4, -0.2) is 43.7 Å². The SMILES string of the molecule is CC1(CN2CCN(c3ccc(Cl)cc3)CC2)CCCC1N. The average Bonchev–Trinajstić information content (AvgIpc) is 2.80. The van der Waals surface area contributed by atoms with E-state index >= 15 is 0 Å². The van der Waals surface area contributed by atoms with Gasteiger partial charge in [0.1, 0.15) is 0 Å². The molecule has 4 heteroatoms. The van der Waals surface area contributed by atoms with Gasteiger partial charge in [-0.15, -0.1) is 0 Å². The van der Waals surface area contributed by atoms with Crippen molar-refractivity contribution >= 4 is 17.3 Å². The topological polar surface area (TPSA) is 32.5 Å². The molecule has 116 valence electrons. The Hall–Kier alpha value is -0.770. The number of halogens is 1. The summed E-state index contributed by atoms with van der Waals surface area (Å²) in [5.41, 5.74) is 7.92. The average molecular weight is 308 g/mol. The van der Waals surface area contributed by atoms with Gasteiger partial charge < -0.3 is 10.6 Å². The Morgan fingerprint density at radius 1 is 1.19 bits per heavy atom. The van der Waals surface area contributed by atoms with Gasteiger partial charge in [-0.3, -0.25) is 4.90 Å². The lowest BCUT2D eigenvalue weighted by molar-refractivity contribution is 0.146. The van der Waals surface area contributed by atoms with Crippen LogP contribution in [0.1, 0.15) is 26.2 Å². The fraction of sp³-hybridized carbons (Fsp3) is 0.647. The highest BCUT2D eigenvalue weighted by molar-refractivity contribution is 6.30. The van der Waals surface area contributed by atoms with Crippen molar-refractivity contribution in [2.24, 2.45) is 11.1 Å². The van der Waals surface area contributed by atoms with E-state index in [4.69, 9.17) is 17.3 Å². The molecule has 2 unspecified atom stereocenters. The van der Waals surface area contributed by atoms with Gasteiger partial charge in [-0.25, -0.2) is 0 Å². The number of benzene rings is 1. The number of hydrogen-bond donors (Lipinski definition) is 1. The molecule has 2 N–H and O–H groups in total. The van der Waals surface area contributed by atoms with Crippen molar-refractivity contribution in [3.8, 4) is 0 Å². The van der Waals surface area contributed by atoms with Gasteiger partial charge in [0.05, 0.1) is 0 Å². The predicted molar refractivity (Wildman–Crippen MR) is 90.0 cm³/mol. The summed E-state index contributed by atoms with van der Waals surface area (Å²) in [7, 11) is 0. The first kappa shape index (κ1) is 15.1. The van der Waals surface area contributed by atoms with E-state index in [0.29, 0.717) is 11.5 Å². The molecule has 0 amide bonds. The van der Waals surface area contributed by atoms with Gasteiger partial charge in [-0.1, -0.05) is 24.9 Å². The summed E-state index contributed by atoms with van der Waals surface area (Å²) in [4.78, 5) is 5.04. The summed E-state index contributed by atoms with van der Waals surface area (Å²) >= 11 is 5.96. The first-order valence-electron chi connectivity index (χ1n) is 8.05. The van der Waals surface area contributed by atoms with Gasteiger partial charge in [-0.2, -0.15) is 0 Å². The van der Waals surface area contributed by atoms with Crippen LogP contribution < -0.4 is 10.6 Å². The van der Waals surface area contributed by atoms with Crippen LogP contribution in [0.25, 0.3) is 0 Å². The van der Waals surface area contributed by atoms with Crippen LogP contribution in [-0.2, 0) is 0 Å². The minimum Gasteiger partial charge on any atom is -0.369 e. The van der Waals surface area contributed by atoms with Crippen LogP contribution in [0.5, 0.6) is 0 Å². The molecule has 1 saturated heterocycles. The molecule has 2 aliphatic rings. The smallest absolute Gasteiger partial charge is 0.0407 e. The molecule has 2 atom stereocenters. The van der Waals surface area contributed by atoms with Crippen molar-refractivity contribution in [1.82, 2.24) is 4.90 Å². The second kappa shape index (κ2) is 6.15. The van der Waals surface area contributed by atoms with E-state index in [9.17, 15) is 0 Å². The molecule has 3 nitrogen and oxygen atoms in total. The number of piperazine rings is 1. The highest BCUT2D eigenvalue weighted by Gasteiger charge is 2.38. The van der Waals surface area contributed by atoms with E-state index in [-0.39, 0.29) is 0 Å².